The maximum Gasteiger partial charge on any atom is 0.226 e. The molecule has 20 heavy (non-hydrogen) atoms. The molecule has 1 rings (SSSR count). The third-order valence-corrected chi connectivity index (χ3v) is 3.80. The Labute approximate surface area is 128 Å². The number of hydrogen-bond acceptors (Lipinski definition) is 1. The quantitative estimate of drug-likeness (QED) is 0.616. The molecule has 0 saturated heterocycles. The van der Waals surface area contributed by atoms with E-state index in [2.05, 4.69) is 26.0 Å². The number of nitrogens with zero attached hydrogens (tertiary/aromatic N) is 1. The lowest BCUT2D eigenvalue weighted by Gasteiger charge is -2.26. The second kappa shape index (κ2) is 9.82. The number of carbonyl (C=O) groups is 1. The molecule has 0 aliphatic carbocycles. The van der Waals surface area contributed by atoms with Crippen molar-refractivity contribution in [1.29, 1.82) is 0 Å². The average molecular weight is 296 g/mol. The molecule has 1 aromatic rings. The van der Waals surface area contributed by atoms with Crippen molar-refractivity contribution in [1.82, 2.24) is 4.90 Å². The Balaban J connectivity index is 2.70. The molecule has 1 unspecified atom stereocenters. The van der Waals surface area contributed by atoms with Gasteiger partial charge in [0, 0.05) is 24.9 Å². The van der Waals surface area contributed by atoms with Crippen LogP contribution in [0.5, 0.6) is 0 Å². The summed E-state index contributed by atoms with van der Waals surface area (Å²) in [6.07, 6.45) is 4.15. The van der Waals surface area contributed by atoms with Crippen molar-refractivity contribution in [2.75, 3.05) is 12.4 Å². The molecular formula is C17H26ClNO. The molecule has 0 heterocycles. The van der Waals surface area contributed by atoms with Crippen LogP contribution in [0.1, 0.15) is 45.1 Å². The Bertz CT molecular complexity index is 380. The van der Waals surface area contributed by atoms with Crippen LogP contribution in [0.15, 0.2) is 30.3 Å². The number of halogens is 1. The summed E-state index contributed by atoms with van der Waals surface area (Å²) in [5.41, 5.74) is 1.16. The van der Waals surface area contributed by atoms with Gasteiger partial charge < -0.3 is 4.90 Å². The number of hydrogen-bond donors (Lipinski definition) is 0. The van der Waals surface area contributed by atoms with Gasteiger partial charge in [0.2, 0.25) is 5.91 Å². The predicted octanol–water partition coefficient (Wildman–Crippen LogP) is 4.47. The molecule has 0 N–H and O–H groups in total. The molecule has 1 amide bonds. The molecule has 0 saturated carbocycles. The van der Waals surface area contributed by atoms with Gasteiger partial charge in [0.1, 0.15) is 0 Å². The van der Waals surface area contributed by atoms with Gasteiger partial charge in [-0.1, -0.05) is 57.0 Å². The van der Waals surface area contributed by atoms with Crippen molar-refractivity contribution < 1.29 is 4.79 Å². The van der Waals surface area contributed by atoms with E-state index in [1.54, 1.807) is 0 Å². The van der Waals surface area contributed by atoms with Crippen LogP contribution in [0.25, 0.3) is 0 Å². The fourth-order valence-electron chi connectivity index (χ4n) is 2.38. The van der Waals surface area contributed by atoms with Crippen molar-refractivity contribution in [3.63, 3.8) is 0 Å². The third kappa shape index (κ3) is 5.54. The predicted molar refractivity (Wildman–Crippen MR) is 85.9 cm³/mol. The van der Waals surface area contributed by atoms with Crippen LogP contribution in [0.2, 0.25) is 0 Å². The summed E-state index contributed by atoms with van der Waals surface area (Å²) in [5, 5.41) is 0. The van der Waals surface area contributed by atoms with Crippen molar-refractivity contribution in [3.8, 4) is 0 Å². The van der Waals surface area contributed by atoms with Gasteiger partial charge in [0.15, 0.2) is 0 Å². The van der Waals surface area contributed by atoms with Crippen LogP contribution in [0.3, 0.4) is 0 Å². The summed E-state index contributed by atoms with van der Waals surface area (Å²) in [6, 6.07) is 10.1. The summed E-state index contributed by atoms with van der Waals surface area (Å²) in [5.74, 6) is 0.885. The lowest BCUT2D eigenvalue weighted by molar-refractivity contribution is -0.136. The molecule has 0 radical (unpaired) electrons. The molecule has 0 fully saturated rings. The van der Waals surface area contributed by atoms with E-state index in [4.69, 9.17) is 11.6 Å². The zero-order chi connectivity index (χ0) is 14.8. The summed E-state index contributed by atoms with van der Waals surface area (Å²) in [7, 11) is 0. The molecule has 0 spiro atoms. The molecule has 1 atom stereocenters. The molecule has 0 bridgehead atoms. The number of rotatable bonds is 9. The Morgan fingerprint density at radius 3 is 2.50 bits per heavy atom. The molecule has 3 heteroatoms. The SMILES string of the molecule is CCCCC(CC)C(=O)N(CCCl)Cc1ccccc1. The maximum absolute atomic E-state index is 12.6. The summed E-state index contributed by atoms with van der Waals surface area (Å²) in [4.78, 5) is 14.6. The first-order valence-electron chi connectivity index (χ1n) is 7.61. The van der Waals surface area contributed by atoms with Crippen molar-refractivity contribution >= 4 is 17.5 Å². The largest absolute Gasteiger partial charge is 0.337 e. The van der Waals surface area contributed by atoms with E-state index in [0.29, 0.717) is 19.0 Å². The van der Waals surface area contributed by atoms with Gasteiger partial charge in [-0.15, -0.1) is 11.6 Å². The highest BCUT2D eigenvalue weighted by Crippen LogP contribution is 2.17. The number of unbranched alkanes of at least 4 members (excludes halogenated alkanes) is 1. The Morgan fingerprint density at radius 1 is 1.25 bits per heavy atom. The van der Waals surface area contributed by atoms with E-state index < -0.39 is 0 Å². The highest BCUT2D eigenvalue weighted by atomic mass is 35.5. The smallest absolute Gasteiger partial charge is 0.226 e. The van der Waals surface area contributed by atoms with Gasteiger partial charge in [-0.2, -0.15) is 0 Å². The fourth-order valence-corrected chi connectivity index (χ4v) is 2.59. The van der Waals surface area contributed by atoms with Gasteiger partial charge in [-0.05, 0) is 18.4 Å². The first-order valence-corrected chi connectivity index (χ1v) is 8.15. The topological polar surface area (TPSA) is 20.3 Å². The molecule has 0 aliphatic rings. The van der Waals surface area contributed by atoms with E-state index >= 15 is 0 Å². The molecular weight excluding hydrogens is 270 g/mol. The first kappa shape index (κ1) is 17.0. The van der Waals surface area contributed by atoms with E-state index in [0.717, 1.165) is 31.2 Å². The first-order chi connectivity index (χ1) is 9.72. The molecule has 2 nitrogen and oxygen atoms in total. The van der Waals surface area contributed by atoms with Crippen LogP contribution in [0, 0.1) is 5.92 Å². The van der Waals surface area contributed by atoms with Gasteiger partial charge >= 0.3 is 0 Å². The Kier molecular flexibility index (Phi) is 8.36. The fraction of sp³-hybridized carbons (Fsp3) is 0.588. The highest BCUT2D eigenvalue weighted by Gasteiger charge is 2.22. The molecule has 112 valence electrons. The summed E-state index contributed by atoms with van der Waals surface area (Å²) < 4.78 is 0. The minimum Gasteiger partial charge on any atom is -0.337 e. The van der Waals surface area contributed by atoms with Gasteiger partial charge in [0.05, 0.1) is 0 Å². The number of benzene rings is 1. The van der Waals surface area contributed by atoms with Crippen molar-refractivity contribution in [2.24, 2.45) is 5.92 Å². The van der Waals surface area contributed by atoms with Gasteiger partial charge in [0.25, 0.3) is 0 Å². The van der Waals surface area contributed by atoms with Gasteiger partial charge in [-0.3, -0.25) is 4.79 Å². The Hall–Kier alpha value is -1.02. The van der Waals surface area contributed by atoms with Crippen molar-refractivity contribution in [3.05, 3.63) is 35.9 Å². The average Bonchev–Trinajstić information content (AvgIpc) is 2.48. The minimum atomic E-state index is 0.141. The van der Waals surface area contributed by atoms with Crippen molar-refractivity contribution in [2.45, 2.75) is 46.1 Å². The highest BCUT2D eigenvalue weighted by molar-refractivity contribution is 6.18. The maximum atomic E-state index is 12.6. The van der Waals surface area contributed by atoms with E-state index in [1.807, 2.05) is 23.1 Å². The third-order valence-electron chi connectivity index (χ3n) is 3.63. The van der Waals surface area contributed by atoms with Crippen LogP contribution in [-0.2, 0) is 11.3 Å². The number of carbonyl (C=O) groups excluding carboxylic acids is 1. The monoisotopic (exact) mass is 295 g/mol. The van der Waals surface area contributed by atoms with E-state index in [9.17, 15) is 4.79 Å². The second-order valence-corrected chi connectivity index (χ2v) is 5.56. The van der Waals surface area contributed by atoms with E-state index in [1.165, 1.54) is 0 Å². The minimum absolute atomic E-state index is 0.141. The molecule has 0 aliphatic heterocycles. The Morgan fingerprint density at radius 2 is 1.95 bits per heavy atom. The summed E-state index contributed by atoms with van der Waals surface area (Å²) in [6.45, 7) is 5.55. The molecule has 1 aromatic carbocycles. The lowest BCUT2D eigenvalue weighted by Crippen LogP contribution is -2.37. The van der Waals surface area contributed by atoms with Crippen LogP contribution in [-0.4, -0.2) is 23.2 Å². The van der Waals surface area contributed by atoms with Gasteiger partial charge in [-0.25, -0.2) is 0 Å². The standard InChI is InChI=1S/C17H26ClNO/c1-3-5-11-16(4-2)17(20)19(13-12-18)14-15-9-7-6-8-10-15/h6-10,16H,3-5,11-14H2,1-2H3. The lowest BCUT2D eigenvalue weighted by atomic mass is 9.97. The van der Waals surface area contributed by atoms with Crippen LogP contribution in [0.4, 0.5) is 0 Å². The number of alkyl halides is 1. The van der Waals surface area contributed by atoms with Crippen LogP contribution < -0.4 is 0 Å². The van der Waals surface area contributed by atoms with Crippen LogP contribution >= 0.6 is 11.6 Å². The normalized spacial score (nSPS) is 12.2. The second-order valence-electron chi connectivity index (χ2n) is 5.18. The summed E-state index contributed by atoms with van der Waals surface area (Å²) >= 11 is 5.86. The number of amides is 1. The molecule has 0 aromatic heterocycles. The zero-order valence-electron chi connectivity index (χ0n) is 12.6. The zero-order valence-corrected chi connectivity index (χ0v) is 13.4. The van der Waals surface area contributed by atoms with E-state index in [-0.39, 0.29) is 11.8 Å².